The third-order valence-corrected chi connectivity index (χ3v) is 0.978. The molecule has 0 saturated carbocycles. The average Bonchev–Trinajstić information content (AvgIpc) is 2.04. The number of hydrogen-bond acceptors (Lipinski definition) is 4. The van der Waals surface area contributed by atoms with Crippen molar-refractivity contribution < 1.29 is 25.2 Å². The summed E-state index contributed by atoms with van der Waals surface area (Å²) in [7, 11) is 0. The fourth-order valence-corrected chi connectivity index (χ4v) is 0.475. The van der Waals surface area contributed by atoms with E-state index in [1.54, 1.807) is 0 Å². The van der Waals surface area contributed by atoms with E-state index in [0.717, 1.165) is 12.2 Å². The predicted molar refractivity (Wildman–Crippen MR) is 40.8 cm³/mol. The lowest BCUT2D eigenvalue weighted by molar-refractivity contribution is -0.132. The van der Waals surface area contributed by atoms with Crippen LogP contribution in [0.3, 0.4) is 0 Å². The van der Waals surface area contributed by atoms with Crippen molar-refractivity contribution in [3.63, 3.8) is 0 Å². The lowest BCUT2D eigenvalue weighted by Gasteiger charge is -1.96. The van der Waals surface area contributed by atoms with Crippen molar-refractivity contribution in [1.82, 2.24) is 0 Å². The van der Waals surface area contributed by atoms with E-state index in [0.29, 0.717) is 6.26 Å². The van der Waals surface area contributed by atoms with Gasteiger partial charge in [0.05, 0.1) is 6.26 Å². The van der Waals surface area contributed by atoms with Crippen molar-refractivity contribution in [2.45, 2.75) is 0 Å². The number of carbonyl (C=O) groups is 1. The van der Waals surface area contributed by atoms with Crippen LogP contribution in [0.25, 0.3) is 0 Å². The summed E-state index contributed by atoms with van der Waals surface area (Å²) < 4.78 is 0. The molecule has 0 aliphatic rings. The van der Waals surface area contributed by atoms with Crippen molar-refractivity contribution >= 4 is 5.97 Å². The molecule has 0 spiro atoms. The van der Waals surface area contributed by atoms with Crippen LogP contribution in [0.4, 0.5) is 0 Å². The van der Waals surface area contributed by atoms with Crippen molar-refractivity contribution in [1.29, 1.82) is 0 Å². The van der Waals surface area contributed by atoms with E-state index in [9.17, 15) is 4.79 Å². The maximum Gasteiger partial charge on any atom is 0.339 e. The fourth-order valence-electron chi connectivity index (χ4n) is 0.475. The van der Waals surface area contributed by atoms with Gasteiger partial charge in [0, 0.05) is 0 Å². The van der Waals surface area contributed by atoms with Gasteiger partial charge in [-0.1, -0.05) is 0 Å². The predicted octanol–water partition coefficient (Wildman–Crippen LogP) is 1.03. The molecule has 0 heterocycles. The first-order valence-corrected chi connectivity index (χ1v) is 2.91. The Kier molecular flexibility index (Phi) is 4.07. The van der Waals surface area contributed by atoms with Gasteiger partial charge >= 0.3 is 5.97 Å². The van der Waals surface area contributed by atoms with Gasteiger partial charge in [0.15, 0.2) is 5.76 Å². The number of aliphatic hydroxyl groups excluding tert-OH is 3. The minimum absolute atomic E-state index is 0.255. The first kappa shape index (κ1) is 10.1. The molecule has 0 atom stereocenters. The summed E-state index contributed by atoms with van der Waals surface area (Å²) in [5.74, 6) is -2.18. The summed E-state index contributed by atoms with van der Waals surface area (Å²) in [6.07, 6.45) is 2.80. The Morgan fingerprint density at radius 1 is 1.17 bits per heavy atom. The highest BCUT2D eigenvalue weighted by Gasteiger charge is 2.10. The first-order valence-electron chi connectivity index (χ1n) is 2.91. The van der Waals surface area contributed by atoms with Gasteiger partial charge < -0.3 is 20.4 Å². The third kappa shape index (κ3) is 2.78. The summed E-state index contributed by atoms with van der Waals surface area (Å²) in [5.41, 5.74) is -0.511. The molecule has 0 saturated heterocycles. The molecule has 0 aliphatic carbocycles. The van der Waals surface area contributed by atoms with Crippen LogP contribution in [0.5, 0.6) is 0 Å². The summed E-state index contributed by atoms with van der Waals surface area (Å²) in [6, 6.07) is 0. The molecule has 0 aromatic carbocycles. The molecule has 12 heavy (non-hydrogen) atoms. The van der Waals surface area contributed by atoms with Crippen LogP contribution in [0, 0.1) is 0 Å². The molecule has 0 bridgehead atoms. The van der Waals surface area contributed by atoms with Crippen LogP contribution in [-0.2, 0) is 4.79 Å². The maximum atomic E-state index is 10.3. The van der Waals surface area contributed by atoms with E-state index in [4.69, 9.17) is 20.4 Å². The highest BCUT2D eigenvalue weighted by molar-refractivity contribution is 5.91. The van der Waals surface area contributed by atoms with E-state index in [2.05, 4.69) is 0 Å². The van der Waals surface area contributed by atoms with Gasteiger partial charge in [-0.15, -0.1) is 0 Å². The van der Waals surface area contributed by atoms with E-state index in [-0.39, 0.29) is 6.26 Å². The van der Waals surface area contributed by atoms with Crippen LogP contribution >= 0.6 is 0 Å². The van der Waals surface area contributed by atoms with Gasteiger partial charge in [0.1, 0.15) is 11.8 Å². The Morgan fingerprint density at radius 2 is 1.75 bits per heavy atom. The molecule has 0 aromatic heterocycles. The zero-order valence-corrected chi connectivity index (χ0v) is 6.01. The number of rotatable bonds is 3. The molecule has 0 amide bonds. The SMILES string of the molecule is O=C(O)C(=C/C=C/O)/C(O)=C/O. The summed E-state index contributed by atoms with van der Waals surface area (Å²) >= 11 is 0. The molecule has 5 nitrogen and oxygen atoms in total. The number of carboxylic acids is 1. The molecule has 66 valence electrons. The molecule has 5 heteroatoms. The summed E-state index contributed by atoms with van der Waals surface area (Å²) in [6.45, 7) is 0. The van der Waals surface area contributed by atoms with Crippen LogP contribution in [0.15, 0.2) is 36.0 Å². The zero-order chi connectivity index (χ0) is 9.56. The minimum Gasteiger partial charge on any atom is -0.516 e. The largest absolute Gasteiger partial charge is 0.516 e. The first-order chi connectivity index (χ1) is 5.63. The molecule has 4 N–H and O–H groups in total. The molecular formula is C7H8O5. The minimum atomic E-state index is -1.41. The highest BCUT2D eigenvalue weighted by atomic mass is 16.4. The molecule has 0 unspecified atom stereocenters. The second kappa shape index (κ2) is 4.84. The van der Waals surface area contributed by atoms with E-state index >= 15 is 0 Å². The lowest BCUT2D eigenvalue weighted by atomic mass is 10.2. The number of aliphatic hydroxyl groups is 3. The Morgan fingerprint density at radius 3 is 2.08 bits per heavy atom. The fraction of sp³-hybridized carbons (Fsp3) is 0. The van der Waals surface area contributed by atoms with Crippen LogP contribution in [0.2, 0.25) is 0 Å². The standard InChI is InChI=1S/C7H8O5/c8-3-1-2-5(7(11)12)6(10)4-9/h1-4,8-10H,(H,11,12)/b3-1+,5-2+,6-4-. The van der Waals surface area contributed by atoms with E-state index in [1.807, 2.05) is 0 Å². The molecule has 0 aliphatic heterocycles. The molecular weight excluding hydrogens is 164 g/mol. The van der Waals surface area contributed by atoms with Crippen LogP contribution in [-0.4, -0.2) is 26.4 Å². The van der Waals surface area contributed by atoms with E-state index < -0.39 is 17.3 Å². The van der Waals surface area contributed by atoms with Crippen molar-refractivity contribution in [3.05, 3.63) is 36.0 Å². The topological polar surface area (TPSA) is 98.0 Å². The van der Waals surface area contributed by atoms with Gasteiger partial charge in [-0.2, -0.15) is 0 Å². The number of hydrogen-bond donors (Lipinski definition) is 4. The van der Waals surface area contributed by atoms with Gasteiger partial charge in [-0.3, -0.25) is 0 Å². The Bertz CT molecular complexity index is 249. The van der Waals surface area contributed by atoms with Crippen molar-refractivity contribution in [2.24, 2.45) is 0 Å². The quantitative estimate of drug-likeness (QED) is 0.289. The third-order valence-electron chi connectivity index (χ3n) is 0.978. The number of allylic oxidation sites excluding steroid dienone is 2. The maximum absolute atomic E-state index is 10.3. The van der Waals surface area contributed by atoms with Gasteiger partial charge in [0.2, 0.25) is 0 Å². The smallest absolute Gasteiger partial charge is 0.339 e. The molecule has 0 radical (unpaired) electrons. The van der Waals surface area contributed by atoms with E-state index in [1.165, 1.54) is 0 Å². The summed E-state index contributed by atoms with van der Waals surface area (Å²) in [4.78, 5) is 10.3. The molecule has 0 aromatic rings. The van der Waals surface area contributed by atoms with Crippen molar-refractivity contribution in [2.75, 3.05) is 0 Å². The van der Waals surface area contributed by atoms with Crippen LogP contribution < -0.4 is 0 Å². The average molecular weight is 172 g/mol. The second-order valence-electron chi connectivity index (χ2n) is 1.74. The van der Waals surface area contributed by atoms with Crippen LogP contribution in [0.1, 0.15) is 0 Å². The van der Waals surface area contributed by atoms with Gasteiger partial charge in [0.25, 0.3) is 0 Å². The Hall–Kier alpha value is -1.91. The van der Waals surface area contributed by atoms with Gasteiger partial charge in [-0.25, -0.2) is 4.79 Å². The monoisotopic (exact) mass is 172 g/mol. The number of carboxylic acid groups (broad SMARTS) is 1. The van der Waals surface area contributed by atoms with Crippen molar-refractivity contribution in [3.8, 4) is 0 Å². The Balaban J connectivity index is 4.79. The molecule has 0 fully saturated rings. The molecule has 0 rings (SSSR count). The number of aliphatic carboxylic acids is 1. The normalized spacial score (nSPS) is 13.7. The summed E-state index contributed by atoms with van der Waals surface area (Å²) in [5, 5.41) is 33.6. The zero-order valence-electron chi connectivity index (χ0n) is 6.01. The lowest BCUT2D eigenvalue weighted by Crippen LogP contribution is -2.02. The highest BCUT2D eigenvalue weighted by Crippen LogP contribution is 2.05. The van der Waals surface area contributed by atoms with Gasteiger partial charge in [-0.05, 0) is 12.2 Å². The Labute approximate surface area is 68.2 Å². The second-order valence-corrected chi connectivity index (χ2v) is 1.74.